The number of rotatable bonds is 9. The first-order chi connectivity index (χ1) is 16.3. The maximum atomic E-state index is 13.2. The minimum atomic E-state index is -2.94. The zero-order valence-electron chi connectivity index (χ0n) is 19.1. The first kappa shape index (κ1) is 25.2. The van der Waals surface area contributed by atoms with Crippen LogP contribution in [0, 0.1) is 0 Å². The number of anilines is 2. The largest absolute Gasteiger partial charge is 0.435 e. The van der Waals surface area contributed by atoms with Crippen molar-refractivity contribution in [2.75, 3.05) is 36.2 Å². The first-order valence-corrected chi connectivity index (χ1v) is 11.6. The van der Waals surface area contributed by atoms with Crippen LogP contribution in [0.2, 0.25) is 0 Å². The van der Waals surface area contributed by atoms with Crippen LogP contribution >= 0.6 is 11.8 Å². The van der Waals surface area contributed by atoms with Gasteiger partial charge in [-0.2, -0.15) is 8.78 Å². The molecule has 34 heavy (non-hydrogen) atoms. The van der Waals surface area contributed by atoms with Gasteiger partial charge in [-0.15, -0.1) is 0 Å². The third-order valence-electron chi connectivity index (χ3n) is 4.77. The number of nitrogens with zero attached hydrogens (tertiary/aromatic N) is 3. The second-order valence-corrected chi connectivity index (χ2v) is 8.50. The number of alkyl halides is 2. The molecule has 0 fully saturated rings. The zero-order chi connectivity index (χ0) is 24.7. The van der Waals surface area contributed by atoms with Gasteiger partial charge in [-0.05, 0) is 54.5 Å². The average molecular weight is 489 g/mol. The molecule has 2 aromatic carbocycles. The van der Waals surface area contributed by atoms with Gasteiger partial charge in [0, 0.05) is 26.3 Å². The summed E-state index contributed by atoms with van der Waals surface area (Å²) in [5.74, 6) is -0.484. The summed E-state index contributed by atoms with van der Waals surface area (Å²) in [6, 6.07) is 13.3. The Morgan fingerprint density at radius 3 is 2.44 bits per heavy atom. The Labute approximate surface area is 201 Å². The molecule has 0 unspecified atom stereocenters. The van der Waals surface area contributed by atoms with Crippen LogP contribution < -0.4 is 19.9 Å². The Morgan fingerprint density at radius 1 is 1.18 bits per heavy atom. The number of nitrogens with one attached hydrogen (secondary N) is 1. The molecule has 0 atom stereocenters. The van der Waals surface area contributed by atoms with Gasteiger partial charge in [0.15, 0.2) is 5.17 Å². The molecule has 0 aliphatic carbocycles. The molecule has 2 amide bonds. The van der Waals surface area contributed by atoms with E-state index in [2.05, 4.69) is 15.0 Å². The highest BCUT2D eigenvalue weighted by molar-refractivity contribution is 8.14. The van der Waals surface area contributed by atoms with Crippen molar-refractivity contribution in [1.82, 2.24) is 5.32 Å². The second kappa shape index (κ2) is 11.6. The number of ether oxygens (including phenoxy) is 1. The Kier molecular flexibility index (Phi) is 8.64. The van der Waals surface area contributed by atoms with E-state index >= 15 is 0 Å². The van der Waals surface area contributed by atoms with E-state index in [1.807, 2.05) is 50.2 Å². The molecule has 2 aromatic rings. The monoisotopic (exact) mass is 488 g/mol. The van der Waals surface area contributed by atoms with Gasteiger partial charge in [-0.1, -0.05) is 30.8 Å². The predicted octanol–water partition coefficient (Wildman–Crippen LogP) is 4.36. The maximum Gasteiger partial charge on any atom is 0.387 e. The van der Waals surface area contributed by atoms with Crippen molar-refractivity contribution in [2.24, 2.45) is 4.99 Å². The third-order valence-corrected chi connectivity index (χ3v) is 5.71. The molecule has 180 valence electrons. The van der Waals surface area contributed by atoms with Gasteiger partial charge in [-0.3, -0.25) is 14.5 Å². The molecule has 10 heteroatoms. The van der Waals surface area contributed by atoms with Crippen molar-refractivity contribution in [3.63, 3.8) is 0 Å². The highest BCUT2D eigenvalue weighted by Gasteiger charge is 2.32. The standard InChI is InChI=1S/C24H26F2N4O3S/c1-4-13-27-21(31)15-34-24-28-20(14-16-5-7-17(8-6-16)29(2)3)22(32)30(24)18-9-11-19(12-10-18)33-23(25)26/h5-12,14,23H,4,13,15H2,1-3H3,(H,27,31)/b20-14-. The minimum Gasteiger partial charge on any atom is -0.435 e. The third kappa shape index (κ3) is 6.57. The van der Waals surface area contributed by atoms with Gasteiger partial charge in [-0.25, -0.2) is 4.99 Å². The van der Waals surface area contributed by atoms with E-state index in [9.17, 15) is 18.4 Å². The van der Waals surface area contributed by atoms with Crippen molar-refractivity contribution in [3.05, 3.63) is 59.8 Å². The number of benzene rings is 2. The van der Waals surface area contributed by atoms with E-state index in [-0.39, 0.29) is 29.0 Å². The number of amides is 2. The van der Waals surface area contributed by atoms with E-state index < -0.39 is 6.61 Å². The maximum absolute atomic E-state index is 13.2. The van der Waals surface area contributed by atoms with Crippen molar-refractivity contribution in [1.29, 1.82) is 0 Å². The summed E-state index contributed by atoms with van der Waals surface area (Å²) in [5.41, 5.74) is 2.45. The molecule has 0 radical (unpaired) electrons. The van der Waals surface area contributed by atoms with E-state index in [4.69, 9.17) is 0 Å². The lowest BCUT2D eigenvalue weighted by atomic mass is 10.1. The van der Waals surface area contributed by atoms with Crippen molar-refractivity contribution < 1.29 is 23.1 Å². The highest BCUT2D eigenvalue weighted by atomic mass is 32.2. The van der Waals surface area contributed by atoms with Gasteiger partial charge >= 0.3 is 6.61 Å². The molecule has 1 heterocycles. The lowest BCUT2D eigenvalue weighted by Gasteiger charge is -2.18. The zero-order valence-corrected chi connectivity index (χ0v) is 19.9. The number of halogens is 2. The smallest absolute Gasteiger partial charge is 0.387 e. The Balaban J connectivity index is 1.87. The molecule has 0 saturated carbocycles. The van der Waals surface area contributed by atoms with E-state index in [1.54, 1.807) is 6.08 Å². The highest BCUT2D eigenvalue weighted by Crippen LogP contribution is 2.31. The summed E-state index contributed by atoms with van der Waals surface area (Å²) in [7, 11) is 3.88. The van der Waals surface area contributed by atoms with Crippen LogP contribution in [0.4, 0.5) is 20.2 Å². The van der Waals surface area contributed by atoms with Crippen LogP contribution in [0.15, 0.2) is 59.2 Å². The number of amidine groups is 1. The van der Waals surface area contributed by atoms with E-state index in [0.717, 1.165) is 29.4 Å². The molecule has 1 N–H and O–H groups in total. The first-order valence-electron chi connectivity index (χ1n) is 10.6. The molecule has 3 rings (SSSR count). The second-order valence-electron chi connectivity index (χ2n) is 7.56. The topological polar surface area (TPSA) is 74.2 Å². The van der Waals surface area contributed by atoms with Gasteiger partial charge in [0.1, 0.15) is 11.4 Å². The van der Waals surface area contributed by atoms with Gasteiger partial charge in [0.2, 0.25) is 5.91 Å². The van der Waals surface area contributed by atoms with Crippen molar-refractivity contribution in [2.45, 2.75) is 20.0 Å². The number of aliphatic imine (C=N–C) groups is 1. The van der Waals surface area contributed by atoms with Crippen LogP contribution in [-0.2, 0) is 9.59 Å². The molecule has 0 aromatic heterocycles. The minimum absolute atomic E-state index is 0.0211. The summed E-state index contributed by atoms with van der Waals surface area (Å²) in [4.78, 5) is 33.2. The van der Waals surface area contributed by atoms with Crippen molar-refractivity contribution >= 4 is 46.2 Å². The molecular formula is C24H26F2N4O3S. The summed E-state index contributed by atoms with van der Waals surface area (Å²) < 4.78 is 29.4. The van der Waals surface area contributed by atoms with Crippen LogP contribution in [0.5, 0.6) is 5.75 Å². The fourth-order valence-corrected chi connectivity index (χ4v) is 3.91. The molecule has 1 aliphatic rings. The fourth-order valence-electron chi connectivity index (χ4n) is 3.07. The summed E-state index contributed by atoms with van der Waals surface area (Å²) >= 11 is 1.13. The summed E-state index contributed by atoms with van der Waals surface area (Å²) in [6.07, 6.45) is 2.49. The predicted molar refractivity (Wildman–Crippen MR) is 132 cm³/mol. The molecule has 0 spiro atoms. The lowest BCUT2D eigenvalue weighted by Crippen LogP contribution is -2.32. The normalized spacial score (nSPS) is 14.5. The van der Waals surface area contributed by atoms with Gasteiger partial charge in [0.05, 0.1) is 11.4 Å². The molecular weight excluding hydrogens is 462 g/mol. The van der Waals surface area contributed by atoms with Gasteiger partial charge in [0.25, 0.3) is 5.91 Å². The van der Waals surface area contributed by atoms with E-state index in [1.165, 1.54) is 29.2 Å². The lowest BCUT2D eigenvalue weighted by molar-refractivity contribution is -0.118. The molecule has 7 nitrogen and oxygen atoms in total. The Morgan fingerprint density at radius 2 is 1.85 bits per heavy atom. The Hall–Kier alpha value is -3.40. The molecule has 0 bridgehead atoms. The summed E-state index contributed by atoms with van der Waals surface area (Å²) in [5, 5.41) is 3.12. The fraction of sp³-hybridized carbons (Fsp3) is 0.292. The molecule has 1 aliphatic heterocycles. The van der Waals surface area contributed by atoms with Crippen LogP contribution in [0.25, 0.3) is 6.08 Å². The quantitative estimate of drug-likeness (QED) is 0.531. The SMILES string of the molecule is CCCNC(=O)CSC1=N/C(=C\c2ccc(N(C)C)cc2)C(=O)N1c1ccc(OC(F)F)cc1. The number of hydrogen-bond acceptors (Lipinski definition) is 6. The number of thioether (sulfide) groups is 1. The number of hydrogen-bond donors (Lipinski definition) is 1. The summed E-state index contributed by atoms with van der Waals surface area (Å²) in [6.45, 7) is -0.422. The van der Waals surface area contributed by atoms with E-state index in [0.29, 0.717) is 17.4 Å². The van der Waals surface area contributed by atoms with Crippen LogP contribution in [0.3, 0.4) is 0 Å². The van der Waals surface area contributed by atoms with Crippen LogP contribution in [-0.4, -0.2) is 50.0 Å². The van der Waals surface area contributed by atoms with Gasteiger partial charge < -0.3 is 15.0 Å². The number of carbonyl (C=O) groups is 2. The van der Waals surface area contributed by atoms with Crippen molar-refractivity contribution in [3.8, 4) is 5.75 Å². The molecule has 0 saturated heterocycles. The van der Waals surface area contributed by atoms with Crippen LogP contribution in [0.1, 0.15) is 18.9 Å². The Bertz CT molecular complexity index is 1070. The average Bonchev–Trinajstić information content (AvgIpc) is 3.11. The number of carbonyl (C=O) groups excluding carboxylic acids is 2.